The van der Waals surface area contributed by atoms with E-state index in [1.54, 1.807) is 45.0 Å². The molecule has 10 heteroatoms. The number of aromatic nitrogens is 1. The molecule has 31 heavy (non-hydrogen) atoms. The quantitative estimate of drug-likeness (QED) is 0.663. The van der Waals surface area contributed by atoms with E-state index < -0.39 is 30.4 Å². The van der Waals surface area contributed by atoms with E-state index in [0.717, 1.165) is 0 Å². The average molecular weight is 429 g/mol. The molecule has 1 N–H and O–H groups in total. The van der Waals surface area contributed by atoms with E-state index in [1.165, 1.54) is 11.0 Å². The fourth-order valence-electron chi connectivity index (χ4n) is 3.03. The van der Waals surface area contributed by atoms with E-state index >= 15 is 0 Å². The van der Waals surface area contributed by atoms with Crippen molar-refractivity contribution in [2.24, 2.45) is 5.92 Å². The van der Waals surface area contributed by atoms with Crippen LogP contribution in [0.5, 0.6) is 0 Å². The van der Waals surface area contributed by atoms with Crippen molar-refractivity contribution in [2.45, 2.75) is 33.3 Å². The summed E-state index contributed by atoms with van der Waals surface area (Å²) in [5, 5.41) is 6.06. The van der Waals surface area contributed by atoms with Gasteiger partial charge in [0.15, 0.2) is 12.4 Å². The number of rotatable bonds is 7. The molecule has 0 spiro atoms. The standard InChI is InChI=1S/C21H23N3O7/c1-12(2)30-21(28)14-4-6-16(7-5-14)24-10-15(9-19(24)26)20(27)29-11-18(25)22-17-8-13(3)31-23-17/h4-8,12,15H,9-11H2,1-3H3,(H,22,23,25)/t15-/m1/s1. The fourth-order valence-corrected chi connectivity index (χ4v) is 3.03. The van der Waals surface area contributed by atoms with Crippen LogP contribution in [0.2, 0.25) is 0 Å². The zero-order valence-corrected chi connectivity index (χ0v) is 17.4. The molecule has 3 rings (SSSR count). The van der Waals surface area contributed by atoms with Crippen LogP contribution in [0.4, 0.5) is 11.5 Å². The number of carbonyl (C=O) groups excluding carboxylic acids is 4. The molecule has 164 valence electrons. The molecule has 2 amide bonds. The van der Waals surface area contributed by atoms with Gasteiger partial charge < -0.3 is 24.2 Å². The van der Waals surface area contributed by atoms with Gasteiger partial charge in [0, 0.05) is 24.7 Å². The lowest BCUT2D eigenvalue weighted by molar-refractivity contribution is -0.151. The highest BCUT2D eigenvalue weighted by Gasteiger charge is 2.36. The summed E-state index contributed by atoms with van der Waals surface area (Å²) in [6.45, 7) is 4.82. The third-order valence-electron chi connectivity index (χ3n) is 4.46. The number of hydrogen-bond acceptors (Lipinski definition) is 8. The van der Waals surface area contributed by atoms with Gasteiger partial charge in [-0.25, -0.2) is 4.79 Å². The number of amides is 2. The van der Waals surface area contributed by atoms with Crippen molar-refractivity contribution < 1.29 is 33.2 Å². The van der Waals surface area contributed by atoms with Gasteiger partial charge in [0.2, 0.25) is 5.91 Å². The van der Waals surface area contributed by atoms with Gasteiger partial charge in [-0.3, -0.25) is 14.4 Å². The van der Waals surface area contributed by atoms with Gasteiger partial charge in [0.05, 0.1) is 17.6 Å². The van der Waals surface area contributed by atoms with Crippen LogP contribution in [-0.2, 0) is 23.9 Å². The summed E-state index contributed by atoms with van der Waals surface area (Å²) in [4.78, 5) is 49.9. The van der Waals surface area contributed by atoms with Crippen LogP contribution in [-0.4, -0.2) is 48.2 Å². The van der Waals surface area contributed by atoms with E-state index in [1.807, 2.05) is 0 Å². The van der Waals surface area contributed by atoms with Crippen molar-refractivity contribution in [1.82, 2.24) is 5.16 Å². The number of ether oxygens (including phenoxy) is 2. The lowest BCUT2D eigenvalue weighted by Gasteiger charge is -2.17. The molecule has 0 saturated carbocycles. The van der Waals surface area contributed by atoms with Crippen LogP contribution in [0.25, 0.3) is 0 Å². The first-order valence-corrected chi connectivity index (χ1v) is 9.74. The number of hydrogen-bond donors (Lipinski definition) is 1. The van der Waals surface area contributed by atoms with Gasteiger partial charge in [-0.2, -0.15) is 0 Å². The predicted octanol–water partition coefficient (Wildman–Crippen LogP) is 2.08. The van der Waals surface area contributed by atoms with E-state index in [-0.39, 0.29) is 30.8 Å². The average Bonchev–Trinajstić information content (AvgIpc) is 3.31. The molecule has 0 bridgehead atoms. The second kappa shape index (κ2) is 9.41. The summed E-state index contributed by atoms with van der Waals surface area (Å²) in [6, 6.07) is 7.90. The summed E-state index contributed by atoms with van der Waals surface area (Å²) in [5.41, 5.74) is 0.925. The molecule has 1 fully saturated rings. The maximum Gasteiger partial charge on any atom is 0.338 e. The summed E-state index contributed by atoms with van der Waals surface area (Å²) in [6.07, 6.45) is -0.263. The number of nitrogens with one attached hydrogen (secondary N) is 1. The number of nitrogens with zero attached hydrogens (tertiary/aromatic N) is 2. The Morgan fingerprint density at radius 1 is 1.26 bits per heavy atom. The Labute approximate surface area is 178 Å². The molecular weight excluding hydrogens is 406 g/mol. The molecule has 1 aliphatic heterocycles. The minimum absolute atomic E-state index is 0.0277. The first-order valence-electron chi connectivity index (χ1n) is 9.74. The number of carbonyl (C=O) groups is 4. The maximum absolute atomic E-state index is 12.4. The SMILES string of the molecule is Cc1cc(NC(=O)COC(=O)[C@@H]2CC(=O)N(c3ccc(C(=O)OC(C)C)cc3)C2)no1. The summed E-state index contributed by atoms with van der Waals surface area (Å²) >= 11 is 0. The van der Waals surface area contributed by atoms with E-state index in [2.05, 4.69) is 10.5 Å². The highest BCUT2D eigenvalue weighted by atomic mass is 16.5. The molecule has 1 aliphatic rings. The fraction of sp³-hybridized carbons (Fsp3) is 0.381. The third kappa shape index (κ3) is 5.68. The first kappa shape index (κ1) is 22.0. The van der Waals surface area contributed by atoms with Crippen molar-refractivity contribution in [2.75, 3.05) is 23.4 Å². The van der Waals surface area contributed by atoms with Gasteiger partial charge in [-0.05, 0) is 45.0 Å². The van der Waals surface area contributed by atoms with Crippen molar-refractivity contribution >= 4 is 35.3 Å². The van der Waals surface area contributed by atoms with E-state index in [9.17, 15) is 19.2 Å². The molecule has 1 aromatic carbocycles. The molecule has 2 heterocycles. The number of benzene rings is 1. The Balaban J connectivity index is 1.52. The minimum Gasteiger partial charge on any atom is -0.459 e. The normalized spacial score (nSPS) is 15.8. The Morgan fingerprint density at radius 2 is 1.97 bits per heavy atom. The molecular formula is C21H23N3O7. The van der Waals surface area contributed by atoms with Crippen molar-refractivity contribution in [1.29, 1.82) is 0 Å². The van der Waals surface area contributed by atoms with Crippen molar-refractivity contribution in [3.63, 3.8) is 0 Å². The summed E-state index contributed by atoms with van der Waals surface area (Å²) in [5.74, 6) is -1.84. The van der Waals surface area contributed by atoms with Crippen LogP contribution in [0.3, 0.4) is 0 Å². The topological polar surface area (TPSA) is 128 Å². The molecule has 1 saturated heterocycles. The lowest BCUT2D eigenvalue weighted by atomic mass is 10.1. The van der Waals surface area contributed by atoms with Gasteiger partial charge in [0.25, 0.3) is 5.91 Å². The van der Waals surface area contributed by atoms with Crippen LogP contribution in [0, 0.1) is 12.8 Å². The zero-order chi connectivity index (χ0) is 22.5. The smallest absolute Gasteiger partial charge is 0.338 e. The predicted molar refractivity (Wildman–Crippen MR) is 108 cm³/mol. The third-order valence-corrected chi connectivity index (χ3v) is 4.46. The molecule has 2 aromatic rings. The number of esters is 2. The number of anilines is 2. The Bertz CT molecular complexity index is 981. The van der Waals surface area contributed by atoms with Crippen LogP contribution >= 0.6 is 0 Å². The van der Waals surface area contributed by atoms with E-state index in [4.69, 9.17) is 14.0 Å². The van der Waals surface area contributed by atoms with Crippen molar-refractivity contribution in [3.05, 3.63) is 41.7 Å². The summed E-state index contributed by atoms with van der Waals surface area (Å²) < 4.78 is 15.0. The van der Waals surface area contributed by atoms with Crippen LogP contribution < -0.4 is 10.2 Å². The molecule has 1 aromatic heterocycles. The van der Waals surface area contributed by atoms with Gasteiger partial charge in [-0.15, -0.1) is 0 Å². The van der Waals surface area contributed by atoms with Gasteiger partial charge >= 0.3 is 11.9 Å². The Hall–Kier alpha value is -3.69. The Morgan fingerprint density at radius 3 is 2.58 bits per heavy atom. The Kier molecular flexibility index (Phi) is 6.68. The highest BCUT2D eigenvalue weighted by molar-refractivity contribution is 6.00. The lowest BCUT2D eigenvalue weighted by Crippen LogP contribution is -2.28. The van der Waals surface area contributed by atoms with E-state index in [0.29, 0.717) is 17.0 Å². The first-order chi connectivity index (χ1) is 14.7. The second-order valence-corrected chi connectivity index (χ2v) is 7.39. The summed E-state index contributed by atoms with van der Waals surface area (Å²) in [7, 11) is 0. The minimum atomic E-state index is -0.694. The van der Waals surface area contributed by atoms with Gasteiger partial charge in [-0.1, -0.05) is 5.16 Å². The monoisotopic (exact) mass is 429 g/mol. The molecule has 10 nitrogen and oxygen atoms in total. The zero-order valence-electron chi connectivity index (χ0n) is 17.4. The largest absolute Gasteiger partial charge is 0.459 e. The van der Waals surface area contributed by atoms with Crippen LogP contribution in [0.1, 0.15) is 36.4 Å². The molecule has 0 unspecified atom stereocenters. The van der Waals surface area contributed by atoms with Crippen LogP contribution in [0.15, 0.2) is 34.9 Å². The van der Waals surface area contributed by atoms with Crippen molar-refractivity contribution in [3.8, 4) is 0 Å². The highest BCUT2D eigenvalue weighted by Crippen LogP contribution is 2.26. The molecule has 1 atom stereocenters. The number of aryl methyl sites for hydroxylation is 1. The van der Waals surface area contributed by atoms with Gasteiger partial charge in [0.1, 0.15) is 5.76 Å². The molecule has 0 radical (unpaired) electrons. The second-order valence-electron chi connectivity index (χ2n) is 7.39. The molecule has 0 aliphatic carbocycles. The maximum atomic E-state index is 12.4.